The Labute approximate surface area is 104 Å². The Bertz CT molecular complexity index is 664. The molecule has 0 aliphatic heterocycles. The van der Waals surface area contributed by atoms with Gasteiger partial charge in [0.25, 0.3) is 5.69 Å². The number of hydrogen-bond acceptors (Lipinski definition) is 3. The van der Waals surface area contributed by atoms with Crippen molar-refractivity contribution in [1.82, 2.24) is 0 Å². The van der Waals surface area contributed by atoms with Crippen LogP contribution in [0, 0.1) is 11.0 Å². The number of benzene rings is 2. The summed E-state index contributed by atoms with van der Waals surface area (Å²) in [5, 5.41) is 0. The van der Waals surface area contributed by atoms with Gasteiger partial charge in [0.15, 0.2) is 4.87 Å². The van der Waals surface area contributed by atoms with Crippen molar-refractivity contribution in [3.63, 3.8) is 0 Å². The van der Waals surface area contributed by atoms with Crippen molar-refractivity contribution in [3.05, 3.63) is 59.5 Å². The number of sulfone groups is 1. The van der Waals surface area contributed by atoms with Crippen LogP contribution in [0.25, 0.3) is 0 Å². The molecule has 0 amide bonds. The maximum atomic E-state index is 12.2. The Morgan fingerprint density at radius 2 is 1.44 bits per heavy atom. The summed E-state index contributed by atoms with van der Waals surface area (Å²) in [5.41, 5.74) is 0.190. The molecule has 0 saturated carbocycles. The maximum absolute atomic E-state index is 12.2. The highest BCUT2D eigenvalue weighted by atomic mass is 32.2. The van der Waals surface area contributed by atoms with Crippen LogP contribution in [0.1, 0.15) is 0 Å². The van der Waals surface area contributed by atoms with E-state index in [1.54, 1.807) is 0 Å². The van der Waals surface area contributed by atoms with Crippen LogP contribution in [0.5, 0.6) is 0 Å². The summed E-state index contributed by atoms with van der Waals surface area (Å²) in [7, 11) is -3.56. The molecule has 2 rings (SSSR count). The van der Waals surface area contributed by atoms with Gasteiger partial charge in [-0.3, -0.25) is 0 Å². The third kappa shape index (κ3) is 2.23. The van der Waals surface area contributed by atoms with Crippen LogP contribution < -0.4 is 5.84 Å². The second kappa shape index (κ2) is 4.58. The number of nitroso groups, excluding NO2 is 1. The molecule has 0 aliphatic rings. The molecule has 1 radical (unpaired) electrons. The molecule has 91 valence electrons. The molecule has 0 heterocycles. The molecule has 0 fully saturated rings. The van der Waals surface area contributed by atoms with Crippen LogP contribution in [0.15, 0.2) is 58.3 Å². The van der Waals surface area contributed by atoms with Crippen LogP contribution in [-0.2, 0) is 9.84 Å². The van der Waals surface area contributed by atoms with E-state index >= 15 is 0 Å². The first kappa shape index (κ1) is 12.3. The molecule has 0 spiro atoms. The molecule has 0 saturated heterocycles. The lowest BCUT2D eigenvalue weighted by molar-refractivity contribution is -0.474. The predicted octanol–water partition coefficient (Wildman–Crippen LogP) is 1.60. The second-order valence-electron chi connectivity index (χ2n) is 3.56. The van der Waals surface area contributed by atoms with E-state index in [0.29, 0.717) is 0 Å². The van der Waals surface area contributed by atoms with E-state index in [1.807, 2.05) is 0 Å². The van der Waals surface area contributed by atoms with Gasteiger partial charge in [0.05, 0.1) is 14.7 Å². The monoisotopic (exact) mass is 262 g/mol. The summed E-state index contributed by atoms with van der Waals surface area (Å²) in [6.07, 6.45) is 0. The lowest BCUT2D eigenvalue weighted by Crippen LogP contribution is -2.09. The zero-order valence-electron chi connectivity index (χ0n) is 9.28. The van der Waals surface area contributed by atoms with Crippen molar-refractivity contribution in [2.24, 2.45) is 5.84 Å². The largest absolute Gasteiger partial charge is 0.291 e. The summed E-state index contributed by atoms with van der Waals surface area (Å²) in [6, 6.07) is 14.1. The molecule has 18 heavy (non-hydrogen) atoms. The van der Waals surface area contributed by atoms with Gasteiger partial charge >= 0.3 is 0 Å². The highest BCUT2D eigenvalue weighted by Gasteiger charge is 2.18. The van der Waals surface area contributed by atoms with Crippen molar-refractivity contribution >= 4 is 15.5 Å². The molecule has 0 atom stereocenters. The second-order valence-corrected chi connectivity index (χ2v) is 5.51. The van der Waals surface area contributed by atoms with Crippen molar-refractivity contribution < 1.29 is 13.3 Å². The quantitative estimate of drug-likeness (QED) is 0.517. The number of hydrogen-bond donors (Lipinski definition) is 1. The van der Waals surface area contributed by atoms with Gasteiger partial charge < -0.3 is 0 Å². The van der Waals surface area contributed by atoms with Crippen LogP contribution in [-0.4, -0.2) is 13.3 Å². The number of rotatable bonds is 3. The van der Waals surface area contributed by atoms with E-state index in [4.69, 9.17) is 5.84 Å². The summed E-state index contributed by atoms with van der Waals surface area (Å²) >= 11 is 0. The fraction of sp³-hybridized carbons (Fsp3) is 0. The molecule has 0 unspecified atom stereocenters. The van der Waals surface area contributed by atoms with Crippen molar-refractivity contribution in [3.8, 4) is 0 Å². The van der Waals surface area contributed by atoms with E-state index in [1.165, 1.54) is 48.5 Å². The average Bonchev–Trinajstić information content (AvgIpc) is 2.40. The fourth-order valence-corrected chi connectivity index (χ4v) is 2.72. The Morgan fingerprint density at radius 1 is 0.944 bits per heavy atom. The number of nitrogens with two attached hydrogens (primary N) is 1. The molecular weight excluding hydrogens is 252 g/mol. The summed E-state index contributed by atoms with van der Waals surface area (Å²) in [4.78, 5) is 11.3. The summed E-state index contributed by atoms with van der Waals surface area (Å²) < 4.78 is 24.4. The molecule has 0 aromatic heterocycles. The zero-order chi connectivity index (χ0) is 13.2. The number of hydrazine groups is 1. The maximum Gasteiger partial charge on any atom is 0.291 e. The third-order valence-electron chi connectivity index (χ3n) is 2.40. The first-order valence-electron chi connectivity index (χ1n) is 5.05. The fourth-order valence-electron chi connectivity index (χ4n) is 1.46. The Hall–Kier alpha value is -2.21. The standard InChI is InChI=1S/C12H10N2O3S/c13-14(15)10-6-8-12(9-7-10)18(16,17)11-4-2-1-3-5-11/h2-9H,(H2,13,15)/q+1. The van der Waals surface area contributed by atoms with Gasteiger partial charge in [-0.25, -0.2) is 8.42 Å². The van der Waals surface area contributed by atoms with Gasteiger partial charge in [-0.2, -0.15) is 5.84 Å². The summed E-state index contributed by atoms with van der Waals surface area (Å²) in [5.74, 6) is 5.01. The van der Waals surface area contributed by atoms with Gasteiger partial charge in [-0.1, -0.05) is 12.1 Å². The van der Waals surface area contributed by atoms with Crippen molar-refractivity contribution in [2.45, 2.75) is 9.79 Å². The van der Waals surface area contributed by atoms with Gasteiger partial charge in [0.1, 0.15) is 0 Å². The van der Waals surface area contributed by atoms with Crippen LogP contribution in [0.3, 0.4) is 0 Å². The molecule has 2 aromatic carbocycles. The van der Waals surface area contributed by atoms with E-state index in [-0.39, 0.29) is 20.3 Å². The van der Waals surface area contributed by atoms with E-state index < -0.39 is 9.84 Å². The van der Waals surface area contributed by atoms with Crippen LogP contribution >= 0.6 is 0 Å². The molecule has 6 heteroatoms. The highest BCUT2D eigenvalue weighted by Crippen LogP contribution is 2.22. The van der Waals surface area contributed by atoms with Crippen LogP contribution in [0.2, 0.25) is 0 Å². The van der Waals surface area contributed by atoms with Crippen LogP contribution in [0.4, 0.5) is 5.69 Å². The zero-order valence-corrected chi connectivity index (χ0v) is 10.1. The van der Waals surface area contributed by atoms with Gasteiger partial charge in [-0.05, 0) is 30.3 Å². The Balaban J connectivity index is 2.46. The molecule has 2 aromatic rings. The highest BCUT2D eigenvalue weighted by molar-refractivity contribution is 7.91. The lowest BCUT2D eigenvalue weighted by atomic mass is 10.3. The predicted molar refractivity (Wildman–Crippen MR) is 64.6 cm³/mol. The number of nitrogens with zero attached hydrogens (tertiary/aromatic N) is 1. The Kier molecular flexibility index (Phi) is 3.12. The summed E-state index contributed by atoms with van der Waals surface area (Å²) in [6.45, 7) is 0. The van der Waals surface area contributed by atoms with Gasteiger partial charge in [0, 0.05) is 12.1 Å². The minimum Gasteiger partial charge on any atom is -0.219 e. The van der Waals surface area contributed by atoms with Crippen molar-refractivity contribution in [1.29, 1.82) is 0 Å². The van der Waals surface area contributed by atoms with E-state index in [9.17, 15) is 13.3 Å². The minimum atomic E-state index is -3.56. The molecule has 2 N–H and O–H groups in total. The minimum absolute atomic E-state index is 0.110. The molecule has 5 nitrogen and oxygen atoms in total. The van der Waals surface area contributed by atoms with Gasteiger partial charge in [-0.15, -0.1) is 0 Å². The normalized spacial score (nSPS) is 11.1. The molecule has 0 aliphatic carbocycles. The van der Waals surface area contributed by atoms with Gasteiger partial charge in [0.2, 0.25) is 9.84 Å². The first-order valence-corrected chi connectivity index (χ1v) is 6.53. The van der Waals surface area contributed by atoms with Crippen molar-refractivity contribution in [2.75, 3.05) is 0 Å². The SMILES string of the molecule is N[N+](=O)c1ccc(S(=O)(=O)c2cc[c]cc2)cc1. The molecule has 0 bridgehead atoms. The topological polar surface area (TPSA) is 80.2 Å². The first-order chi connectivity index (χ1) is 8.51. The Morgan fingerprint density at radius 3 is 1.94 bits per heavy atom. The lowest BCUT2D eigenvalue weighted by Gasteiger charge is -2.03. The third-order valence-corrected chi connectivity index (χ3v) is 4.18. The molecular formula is C12H10N2O3S+. The van der Waals surface area contributed by atoms with E-state index in [2.05, 4.69) is 6.07 Å². The van der Waals surface area contributed by atoms with E-state index in [0.717, 1.165) is 0 Å². The smallest absolute Gasteiger partial charge is 0.219 e. The average molecular weight is 262 g/mol.